The molecule has 0 bridgehead atoms. The molecule has 0 spiro atoms. The van der Waals surface area contributed by atoms with E-state index < -0.39 is 23.8 Å². The monoisotopic (exact) mass is 307 g/mol. The maximum absolute atomic E-state index is 13.4. The summed E-state index contributed by atoms with van der Waals surface area (Å²) < 4.78 is 18.4. The summed E-state index contributed by atoms with van der Waals surface area (Å²) in [7, 11) is 0. The fourth-order valence-corrected chi connectivity index (χ4v) is 2.20. The van der Waals surface area contributed by atoms with E-state index in [1.165, 1.54) is 24.3 Å². The first kappa shape index (κ1) is 15.2. The van der Waals surface area contributed by atoms with Crippen molar-refractivity contribution < 1.29 is 18.7 Å². The molecule has 1 atom stereocenters. The number of amides is 1. The van der Waals surface area contributed by atoms with Crippen LogP contribution in [0.4, 0.5) is 10.1 Å². The molecule has 1 aromatic carbocycles. The summed E-state index contributed by atoms with van der Waals surface area (Å²) in [5.41, 5.74) is 1.22. The smallest absolute Gasteiger partial charge is 0.339 e. The molecule has 0 unspecified atom stereocenters. The van der Waals surface area contributed by atoms with Gasteiger partial charge >= 0.3 is 5.97 Å². The normalized spacial score (nSPS) is 11.8. The third-order valence-corrected chi connectivity index (χ3v) is 3.53. The fourth-order valence-electron chi connectivity index (χ4n) is 1.58. The first-order valence-electron chi connectivity index (χ1n) is 6.27. The Morgan fingerprint density at radius 3 is 2.71 bits per heavy atom. The van der Waals surface area contributed by atoms with Gasteiger partial charge in [0.05, 0.1) is 5.56 Å². The number of ether oxygens (including phenoxy) is 1. The maximum atomic E-state index is 13.4. The summed E-state index contributed by atoms with van der Waals surface area (Å²) in [4.78, 5) is 23.6. The molecule has 0 aliphatic carbocycles. The second kappa shape index (κ2) is 6.49. The molecule has 0 aliphatic rings. The zero-order valence-corrected chi connectivity index (χ0v) is 12.4. The molecule has 1 heterocycles. The van der Waals surface area contributed by atoms with Crippen LogP contribution in [0.2, 0.25) is 0 Å². The van der Waals surface area contributed by atoms with E-state index in [1.807, 2.05) is 0 Å². The Hall–Kier alpha value is -2.21. The number of thiophene rings is 1. The van der Waals surface area contributed by atoms with Gasteiger partial charge in [-0.05, 0) is 43.0 Å². The number of halogens is 1. The average Bonchev–Trinajstić information content (AvgIpc) is 2.97. The van der Waals surface area contributed by atoms with E-state index in [-0.39, 0.29) is 0 Å². The predicted molar refractivity (Wildman–Crippen MR) is 79.0 cm³/mol. The molecule has 6 heteroatoms. The van der Waals surface area contributed by atoms with Crippen LogP contribution in [0, 0.1) is 12.7 Å². The number of hydrogen-bond acceptors (Lipinski definition) is 4. The van der Waals surface area contributed by atoms with Gasteiger partial charge in [-0.25, -0.2) is 9.18 Å². The molecule has 21 heavy (non-hydrogen) atoms. The van der Waals surface area contributed by atoms with Crippen LogP contribution >= 0.6 is 11.3 Å². The molecule has 2 aromatic rings. The number of aryl methyl sites for hydroxylation is 1. The molecular weight excluding hydrogens is 293 g/mol. The van der Waals surface area contributed by atoms with E-state index in [9.17, 15) is 14.0 Å². The van der Waals surface area contributed by atoms with Crippen molar-refractivity contribution in [3.05, 3.63) is 52.0 Å². The van der Waals surface area contributed by atoms with Crippen LogP contribution in [-0.2, 0) is 9.53 Å². The zero-order chi connectivity index (χ0) is 15.4. The van der Waals surface area contributed by atoms with Crippen molar-refractivity contribution in [2.24, 2.45) is 0 Å². The van der Waals surface area contributed by atoms with Gasteiger partial charge in [0.15, 0.2) is 6.10 Å². The van der Waals surface area contributed by atoms with E-state index in [2.05, 4.69) is 5.32 Å². The summed E-state index contributed by atoms with van der Waals surface area (Å²) in [5.74, 6) is -1.48. The Kier molecular flexibility index (Phi) is 4.70. The van der Waals surface area contributed by atoms with Crippen molar-refractivity contribution in [2.45, 2.75) is 20.0 Å². The fraction of sp³-hybridized carbons (Fsp3) is 0.200. The van der Waals surface area contributed by atoms with Crippen LogP contribution in [-0.4, -0.2) is 18.0 Å². The summed E-state index contributed by atoms with van der Waals surface area (Å²) in [6, 6.07) is 5.99. The van der Waals surface area contributed by atoms with E-state index in [0.29, 0.717) is 16.8 Å². The van der Waals surface area contributed by atoms with E-state index in [0.717, 1.165) is 0 Å². The first-order valence-corrected chi connectivity index (χ1v) is 7.22. The SMILES string of the molecule is Cc1ccc(NC(=O)[C@H](C)OC(=O)c2ccsc2)cc1F. The minimum Gasteiger partial charge on any atom is -0.449 e. The molecule has 0 saturated carbocycles. The van der Waals surface area contributed by atoms with Gasteiger partial charge in [0, 0.05) is 11.1 Å². The zero-order valence-electron chi connectivity index (χ0n) is 11.6. The van der Waals surface area contributed by atoms with Crippen LogP contribution in [0.3, 0.4) is 0 Å². The third-order valence-electron chi connectivity index (χ3n) is 2.85. The molecule has 1 amide bonds. The number of carbonyl (C=O) groups is 2. The van der Waals surface area contributed by atoms with E-state index >= 15 is 0 Å². The van der Waals surface area contributed by atoms with Crippen molar-refractivity contribution in [1.82, 2.24) is 0 Å². The lowest BCUT2D eigenvalue weighted by Crippen LogP contribution is -2.29. The Labute approximate surface area is 125 Å². The van der Waals surface area contributed by atoms with Gasteiger partial charge in [0.2, 0.25) is 0 Å². The van der Waals surface area contributed by atoms with Crippen LogP contribution in [0.25, 0.3) is 0 Å². The predicted octanol–water partition coefficient (Wildman–Crippen LogP) is 3.38. The molecule has 0 fully saturated rings. The number of esters is 1. The van der Waals surface area contributed by atoms with E-state index in [4.69, 9.17) is 4.74 Å². The standard InChI is InChI=1S/C15H14FNO3S/c1-9-3-4-12(7-13(9)16)17-14(18)10(2)20-15(19)11-5-6-21-8-11/h3-8,10H,1-2H3,(H,17,18)/t10-/m0/s1. The van der Waals surface area contributed by atoms with Crippen LogP contribution in [0.15, 0.2) is 35.0 Å². The summed E-state index contributed by atoms with van der Waals surface area (Å²) in [6.07, 6.45) is -0.971. The Balaban J connectivity index is 1.96. The molecule has 0 aliphatic heterocycles. The van der Waals surface area contributed by atoms with Crippen LogP contribution in [0.5, 0.6) is 0 Å². The highest BCUT2D eigenvalue weighted by Crippen LogP contribution is 2.15. The molecule has 0 saturated heterocycles. The molecule has 4 nitrogen and oxygen atoms in total. The van der Waals surface area contributed by atoms with Crippen molar-refractivity contribution in [3.8, 4) is 0 Å². The van der Waals surface area contributed by atoms with Gasteiger partial charge in [0.25, 0.3) is 5.91 Å². The topological polar surface area (TPSA) is 55.4 Å². The minimum atomic E-state index is -0.971. The maximum Gasteiger partial charge on any atom is 0.339 e. The van der Waals surface area contributed by atoms with Crippen molar-refractivity contribution in [3.63, 3.8) is 0 Å². The van der Waals surface area contributed by atoms with Crippen molar-refractivity contribution >= 4 is 28.9 Å². The number of anilines is 1. The highest BCUT2D eigenvalue weighted by molar-refractivity contribution is 7.08. The summed E-state index contributed by atoms with van der Waals surface area (Å²) >= 11 is 1.37. The number of benzene rings is 1. The molecule has 2 rings (SSSR count). The third kappa shape index (κ3) is 3.88. The van der Waals surface area contributed by atoms with Gasteiger partial charge in [-0.2, -0.15) is 11.3 Å². The number of nitrogens with one attached hydrogen (secondary N) is 1. The highest BCUT2D eigenvalue weighted by Gasteiger charge is 2.19. The van der Waals surface area contributed by atoms with Crippen LogP contribution < -0.4 is 5.32 Å². The van der Waals surface area contributed by atoms with E-state index in [1.54, 1.807) is 35.9 Å². The highest BCUT2D eigenvalue weighted by atomic mass is 32.1. The number of hydrogen-bond donors (Lipinski definition) is 1. The second-order valence-electron chi connectivity index (χ2n) is 4.51. The molecule has 110 valence electrons. The lowest BCUT2D eigenvalue weighted by Gasteiger charge is -2.13. The summed E-state index contributed by atoms with van der Waals surface area (Å²) in [5, 5.41) is 5.89. The first-order chi connectivity index (χ1) is 9.97. The Morgan fingerprint density at radius 2 is 2.10 bits per heavy atom. The Bertz CT molecular complexity index is 655. The summed E-state index contributed by atoms with van der Waals surface area (Å²) in [6.45, 7) is 3.09. The van der Waals surface area contributed by atoms with Gasteiger partial charge in [0.1, 0.15) is 5.82 Å². The van der Waals surface area contributed by atoms with Gasteiger partial charge < -0.3 is 10.1 Å². The lowest BCUT2D eigenvalue weighted by molar-refractivity contribution is -0.123. The minimum absolute atomic E-state index is 0.321. The Morgan fingerprint density at radius 1 is 1.33 bits per heavy atom. The second-order valence-corrected chi connectivity index (χ2v) is 5.29. The molecule has 0 radical (unpaired) electrons. The quantitative estimate of drug-likeness (QED) is 0.881. The average molecular weight is 307 g/mol. The number of rotatable bonds is 4. The van der Waals surface area contributed by atoms with Gasteiger partial charge in [-0.3, -0.25) is 4.79 Å². The number of carbonyl (C=O) groups excluding carboxylic acids is 2. The largest absolute Gasteiger partial charge is 0.449 e. The van der Waals surface area contributed by atoms with Crippen molar-refractivity contribution in [2.75, 3.05) is 5.32 Å². The lowest BCUT2D eigenvalue weighted by atomic mass is 10.2. The van der Waals surface area contributed by atoms with Crippen LogP contribution in [0.1, 0.15) is 22.8 Å². The van der Waals surface area contributed by atoms with Gasteiger partial charge in [-0.15, -0.1) is 0 Å². The molecule has 1 aromatic heterocycles. The van der Waals surface area contributed by atoms with Crippen molar-refractivity contribution in [1.29, 1.82) is 0 Å². The molecular formula is C15H14FNO3S. The van der Waals surface area contributed by atoms with Gasteiger partial charge in [-0.1, -0.05) is 6.07 Å². The molecule has 1 N–H and O–H groups in total.